The van der Waals surface area contributed by atoms with E-state index in [2.05, 4.69) is 6.92 Å². The Bertz CT molecular complexity index is 176. The molecule has 11 heavy (non-hydrogen) atoms. The Morgan fingerprint density at radius 2 is 2.36 bits per heavy atom. The van der Waals surface area contributed by atoms with Crippen LogP contribution in [0.15, 0.2) is 11.1 Å². The van der Waals surface area contributed by atoms with Gasteiger partial charge in [-0.2, -0.15) is 0 Å². The minimum atomic E-state index is 1.06. The monoisotopic (exact) mass is 150 g/mol. The lowest BCUT2D eigenvalue weighted by Crippen LogP contribution is -2.12. The molecule has 0 heterocycles. The standard InChI is InChI=1S/C11H18/c1-2-3-5-9-8-10-6-4-7-11(9)10/h10H,2-8H2,1H3. The maximum atomic E-state index is 2.29. The van der Waals surface area contributed by atoms with Crippen molar-refractivity contribution >= 4 is 0 Å². The van der Waals surface area contributed by atoms with Crippen LogP contribution >= 0.6 is 0 Å². The largest absolute Gasteiger partial charge is 0.0701 e. The van der Waals surface area contributed by atoms with Gasteiger partial charge in [0, 0.05) is 0 Å². The molecule has 1 saturated carbocycles. The van der Waals surface area contributed by atoms with E-state index >= 15 is 0 Å². The molecule has 1 atom stereocenters. The lowest BCUT2D eigenvalue weighted by Gasteiger charge is -2.28. The minimum absolute atomic E-state index is 1.06. The molecule has 0 amide bonds. The summed E-state index contributed by atoms with van der Waals surface area (Å²) in [6, 6.07) is 0. The maximum Gasteiger partial charge on any atom is -0.0163 e. The van der Waals surface area contributed by atoms with E-state index in [1.54, 1.807) is 0 Å². The van der Waals surface area contributed by atoms with Gasteiger partial charge in [-0.3, -0.25) is 0 Å². The van der Waals surface area contributed by atoms with Crippen molar-refractivity contribution < 1.29 is 0 Å². The number of fused-ring (bicyclic) bond motifs is 1. The number of unbranched alkanes of at least 4 members (excludes halogenated alkanes) is 1. The number of hydrogen-bond donors (Lipinski definition) is 0. The maximum absolute atomic E-state index is 2.29. The lowest BCUT2D eigenvalue weighted by atomic mass is 9.77. The zero-order valence-electron chi connectivity index (χ0n) is 7.53. The average molecular weight is 150 g/mol. The van der Waals surface area contributed by atoms with Crippen molar-refractivity contribution in [1.29, 1.82) is 0 Å². The summed E-state index contributed by atoms with van der Waals surface area (Å²) in [6.07, 6.45) is 10.1. The van der Waals surface area contributed by atoms with Crippen molar-refractivity contribution in [3.05, 3.63) is 11.1 Å². The van der Waals surface area contributed by atoms with Crippen LogP contribution in [-0.4, -0.2) is 0 Å². The summed E-state index contributed by atoms with van der Waals surface area (Å²) in [4.78, 5) is 0. The van der Waals surface area contributed by atoms with Gasteiger partial charge in [-0.15, -0.1) is 0 Å². The van der Waals surface area contributed by atoms with Crippen molar-refractivity contribution in [1.82, 2.24) is 0 Å². The van der Waals surface area contributed by atoms with E-state index in [-0.39, 0.29) is 0 Å². The highest BCUT2D eigenvalue weighted by Gasteiger charge is 2.31. The van der Waals surface area contributed by atoms with Gasteiger partial charge in [0.2, 0.25) is 0 Å². The molecule has 1 fully saturated rings. The zero-order chi connectivity index (χ0) is 7.68. The van der Waals surface area contributed by atoms with Gasteiger partial charge in [0.25, 0.3) is 0 Å². The second kappa shape index (κ2) is 3.00. The Balaban J connectivity index is 1.90. The van der Waals surface area contributed by atoms with Gasteiger partial charge in [-0.1, -0.05) is 24.5 Å². The van der Waals surface area contributed by atoms with Crippen LogP contribution in [0.2, 0.25) is 0 Å². The number of rotatable bonds is 3. The molecule has 0 spiro atoms. The normalized spacial score (nSPS) is 28.6. The lowest BCUT2D eigenvalue weighted by molar-refractivity contribution is 0.528. The first kappa shape index (κ1) is 7.39. The van der Waals surface area contributed by atoms with E-state index in [1.165, 1.54) is 44.9 Å². The number of hydrogen-bond acceptors (Lipinski definition) is 0. The van der Waals surface area contributed by atoms with Gasteiger partial charge in [0.1, 0.15) is 0 Å². The van der Waals surface area contributed by atoms with Crippen molar-refractivity contribution in [3.8, 4) is 0 Å². The van der Waals surface area contributed by atoms with Gasteiger partial charge in [0.15, 0.2) is 0 Å². The van der Waals surface area contributed by atoms with Crippen LogP contribution < -0.4 is 0 Å². The number of allylic oxidation sites excluding steroid dienone is 2. The quantitative estimate of drug-likeness (QED) is 0.538. The van der Waals surface area contributed by atoms with E-state index in [0.29, 0.717) is 0 Å². The molecule has 0 aromatic rings. The van der Waals surface area contributed by atoms with Crippen LogP contribution in [0.3, 0.4) is 0 Å². The highest BCUT2D eigenvalue weighted by Crippen LogP contribution is 2.47. The van der Waals surface area contributed by atoms with E-state index in [0.717, 1.165) is 5.92 Å². The van der Waals surface area contributed by atoms with Crippen LogP contribution in [0, 0.1) is 5.92 Å². The van der Waals surface area contributed by atoms with Crippen molar-refractivity contribution in [3.63, 3.8) is 0 Å². The second-order valence-electron chi connectivity index (χ2n) is 4.03. The summed E-state index contributed by atoms with van der Waals surface area (Å²) in [7, 11) is 0. The summed E-state index contributed by atoms with van der Waals surface area (Å²) in [6.45, 7) is 2.29. The van der Waals surface area contributed by atoms with Crippen molar-refractivity contribution in [2.24, 2.45) is 5.92 Å². The highest BCUT2D eigenvalue weighted by atomic mass is 14.4. The molecule has 0 bridgehead atoms. The molecule has 0 heteroatoms. The molecule has 2 aliphatic rings. The molecule has 2 rings (SSSR count). The van der Waals surface area contributed by atoms with E-state index in [4.69, 9.17) is 0 Å². The van der Waals surface area contributed by atoms with E-state index in [1.807, 2.05) is 11.1 Å². The van der Waals surface area contributed by atoms with Crippen LogP contribution in [0.4, 0.5) is 0 Å². The molecule has 0 radical (unpaired) electrons. The summed E-state index contributed by atoms with van der Waals surface area (Å²) in [5.74, 6) is 1.06. The first-order valence-corrected chi connectivity index (χ1v) is 5.12. The molecule has 2 aliphatic carbocycles. The third-order valence-corrected chi connectivity index (χ3v) is 3.27. The third kappa shape index (κ3) is 1.23. The van der Waals surface area contributed by atoms with Gasteiger partial charge in [-0.25, -0.2) is 0 Å². The molecule has 1 unspecified atom stereocenters. The Morgan fingerprint density at radius 3 is 3.09 bits per heavy atom. The summed E-state index contributed by atoms with van der Waals surface area (Å²) < 4.78 is 0. The Hall–Kier alpha value is -0.260. The molecule has 0 aromatic heterocycles. The topological polar surface area (TPSA) is 0 Å². The fraction of sp³-hybridized carbons (Fsp3) is 0.818. The average Bonchev–Trinajstić information content (AvgIpc) is 2.33. The fourth-order valence-corrected chi connectivity index (χ4v) is 2.56. The molecule has 0 saturated heterocycles. The Kier molecular flexibility index (Phi) is 2.02. The summed E-state index contributed by atoms with van der Waals surface area (Å²) >= 11 is 0. The minimum Gasteiger partial charge on any atom is -0.0701 e. The van der Waals surface area contributed by atoms with E-state index in [9.17, 15) is 0 Å². The van der Waals surface area contributed by atoms with E-state index < -0.39 is 0 Å². The van der Waals surface area contributed by atoms with Crippen LogP contribution in [0.1, 0.15) is 51.9 Å². The molecule has 0 aliphatic heterocycles. The van der Waals surface area contributed by atoms with Crippen molar-refractivity contribution in [2.45, 2.75) is 51.9 Å². The van der Waals surface area contributed by atoms with Gasteiger partial charge < -0.3 is 0 Å². The predicted molar refractivity (Wildman–Crippen MR) is 48.5 cm³/mol. The molecule has 0 N–H and O–H groups in total. The summed E-state index contributed by atoms with van der Waals surface area (Å²) in [5, 5.41) is 0. The smallest absolute Gasteiger partial charge is 0.0163 e. The first-order valence-electron chi connectivity index (χ1n) is 5.12. The first-order chi connectivity index (χ1) is 5.42. The van der Waals surface area contributed by atoms with Crippen molar-refractivity contribution in [2.75, 3.05) is 0 Å². The van der Waals surface area contributed by atoms with Gasteiger partial charge >= 0.3 is 0 Å². The fourth-order valence-electron chi connectivity index (χ4n) is 2.56. The van der Waals surface area contributed by atoms with Crippen LogP contribution in [0.5, 0.6) is 0 Å². The zero-order valence-corrected chi connectivity index (χ0v) is 7.53. The highest BCUT2D eigenvalue weighted by molar-refractivity contribution is 5.31. The Morgan fingerprint density at radius 1 is 1.45 bits per heavy atom. The SMILES string of the molecule is CCCCC1=C2CCCC2C1. The molecule has 62 valence electrons. The van der Waals surface area contributed by atoms with Gasteiger partial charge in [0.05, 0.1) is 0 Å². The van der Waals surface area contributed by atoms with Gasteiger partial charge in [-0.05, 0) is 44.4 Å². The molecule has 0 aromatic carbocycles. The summed E-state index contributed by atoms with van der Waals surface area (Å²) in [5.41, 5.74) is 3.72. The predicted octanol–water partition coefficient (Wildman–Crippen LogP) is 3.68. The molecule has 0 nitrogen and oxygen atoms in total. The van der Waals surface area contributed by atoms with Crippen LogP contribution in [-0.2, 0) is 0 Å². The molecular formula is C11H18. The second-order valence-corrected chi connectivity index (χ2v) is 4.03. The Labute approximate surface area is 69.7 Å². The third-order valence-electron chi connectivity index (χ3n) is 3.27. The molecular weight excluding hydrogens is 132 g/mol. The van der Waals surface area contributed by atoms with Crippen LogP contribution in [0.25, 0.3) is 0 Å².